The summed E-state index contributed by atoms with van der Waals surface area (Å²) in [7, 11) is 1.56. The highest BCUT2D eigenvalue weighted by Gasteiger charge is 2.03. The van der Waals surface area contributed by atoms with E-state index in [1.165, 1.54) is 0 Å². The van der Waals surface area contributed by atoms with Crippen LogP contribution in [0, 0.1) is 0 Å². The predicted octanol–water partition coefficient (Wildman–Crippen LogP) is 1.66. The Morgan fingerprint density at radius 2 is 2.06 bits per heavy atom. The van der Waals surface area contributed by atoms with Crippen LogP contribution in [0.4, 0.5) is 4.39 Å². The van der Waals surface area contributed by atoms with Gasteiger partial charge in [-0.3, -0.25) is 4.79 Å². The number of amides is 1. The molecular weight excluding hydrogens is 259 g/mol. The first-order valence-corrected chi connectivity index (χ1v) is 5.14. The second kappa shape index (κ2) is 8.49. The van der Waals surface area contributed by atoms with Crippen LogP contribution in [0.15, 0.2) is 36.2 Å². The van der Waals surface area contributed by atoms with Crippen molar-refractivity contribution < 1.29 is 13.9 Å². The highest BCUT2D eigenvalue weighted by atomic mass is 35.5. The highest BCUT2D eigenvalue weighted by Crippen LogP contribution is 2.13. The van der Waals surface area contributed by atoms with Gasteiger partial charge in [0.15, 0.2) is 0 Å². The molecule has 100 valence electrons. The highest BCUT2D eigenvalue weighted by molar-refractivity contribution is 5.94. The third-order valence-corrected chi connectivity index (χ3v) is 2.18. The Hall–Kier alpha value is -1.59. The van der Waals surface area contributed by atoms with E-state index in [0.29, 0.717) is 23.2 Å². The van der Waals surface area contributed by atoms with E-state index in [9.17, 15) is 9.18 Å². The van der Waals surface area contributed by atoms with Gasteiger partial charge in [0.1, 0.15) is 12.4 Å². The third kappa shape index (κ3) is 4.73. The van der Waals surface area contributed by atoms with Gasteiger partial charge in [0, 0.05) is 24.7 Å². The Morgan fingerprint density at radius 3 is 2.50 bits per heavy atom. The molecule has 3 N–H and O–H groups in total. The van der Waals surface area contributed by atoms with Crippen LogP contribution in [0.25, 0.3) is 0 Å². The summed E-state index contributed by atoms with van der Waals surface area (Å²) in [6.45, 7) is 0.221. The molecular formula is C12H16ClFN2O2. The second-order valence-electron chi connectivity index (χ2n) is 3.36. The van der Waals surface area contributed by atoms with Gasteiger partial charge >= 0.3 is 0 Å². The van der Waals surface area contributed by atoms with Gasteiger partial charge in [-0.1, -0.05) is 0 Å². The first-order chi connectivity index (χ1) is 8.21. The normalized spacial score (nSPS) is 10.5. The van der Waals surface area contributed by atoms with Gasteiger partial charge in [0.25, 0.3) is 5.91 Å². The lowest BCUT2D eigenvalue weighted by Gasteiger charge is -2.07. The van der Waals surface area contributed by atoms with Gasteiger partial charge < -0.3 is 15.8 Å². The van der Waals surface area contributed by atoms with Gasteiger partial charge in [-0.05, 0) is 24.3 Å². The number of hydrogen-bond acceptors (Lipinski definition) is 3. The van der Waals surface area contributed by atoms with Crippen LogP contribution in [-0.2, 0) is 0 Å². The third-order valence-electron chi connectivity index (χ3n) is 2.18. The minimum Gasteiger partial charge on any atom is -0.489 e. The monoisotopic (exact) mass is 274 g/mol. The number of carbonyl (C=O) groups is 1. The molecule has 0 heterocycles. The van der Waals surface area contributed by atoms with Gasteiger partial charge in [0.05, 0.1) is 6.33 Å². The molecule has 0 saturated carbocycles. The van der Waals surface area contributed by atoms with Crippen molar-refractivity contribution in [3.8, 4) is 5.75 Å². The lowest BCUT2D eigenvalue weighted by Crippen LogP contribution is -2.17. The lowest BCUT2D eigenvalue weighted by molar-refractivity contribution is 0.0963. The van der Waals surface area contributed by atoms with Crippen molar-refractivity contribution in [2.45, 2.75) is 0 Å². The Labute approximate surface area is 111 Å². The van der Waals surface area contributed by atoms with Crippen LogP contribution in [0.2, 0.25) is 0 Å². The van der Waals surface area contributed by atoms with Crippen LogP contribution < -0.4 is 15.8 Å². The van der Waals surface area contributed by atoms with E-state index in [-0.39, 0.29) is 31.5 Å². The van der Waals surface area contributed by atoms with Gasteiger partial charge in [-0.15, -0.1) is 12.4 Å². The van der Waals surface area contributed by atoms with Crippen LogP contribution >= 0.6 is 12.4 Å². The summed E-state index contributed by atoms with van der Waals surface area (Å²) >= 11 is 0. The molecule has 0 fully saturated rings. The summed E-state index contributed by atoms with van der Waals surface area (Å²) in [5.41, 5.74) is 6.21. The number of nitrogens with one attached hydrogen (secondary N) is 1. The SMILES string of the molecule is CNC(=O)c1ccc(OCC(=CF)CN)cc1.Cl. The zero-order valence-corrected chi connectivity index (χ0v) is 10.8. The molecule has 0 atom stereocenters. The van der Waals surface area contributed by atoms with E-state index in [4.69, 9.17) is 10.5 Å². The number of halogens is 2. The second-order valence-corrected chi connectivity index (χ2v) is 3.36. The molecule has 0 bridgehead atoms. The molecule has 0 spiro atoms. The molecule has 0 aliphatic carbocycles. The van der Waals surface area contributed by atoms with Gasteiger partial charge in [-0.25, -0.2) is 4.39 Å². The zero-order chi connectivity index (χ0) is 12.7. The number of rotatable bonds is 5. The Bertz CT molecular complexity index is 407. The maximum absolute atomic E-state index is 12.2. The Balaban J connectivity index is 0.00000289. The average Bonchev–Trinajstić information content (AvgIpc) is 2.39. The molecule has 4 nitrogen and oxygen atoms in total. The van der Waals surface area contributed by atoms with Crippen LogP contribution in [0.3, 0.4) is 0 Å². The van der Waals surface area contributed by atoms with E-state index in [1.54, 1.807) is 31.3 Å². The summed E-state index contributed by atoms with van der Waals surface area (Å²) in [5.74, 6) is 0.397. The fourth-order valence-corrected chi connectivity index (χ4v) is 1.16. The van der Waals surface area contributed by atoms with E-state index in [1.807, 2.05) is 0 Å². The van der Waals surface area contributed by atoms with Crippen LogP contribution in [-0.4, -0.2) is 26.1 Å². The van der Waals surface area contributed by atoms with E-state index in [2.05, 4.69) is 5.32 Å². The van der Waals surface area contributed by atoms with Crippen molar-refractivity contribution >= 4 is 18.3 Å². The summed E-state index contributed by atoms with van der Waals surface area (Å²) in [6.07, 6.45) is 0.443. The van der Waals surface area contributed by atoms with E-state index < -0.39 is 0 Å². The summed E-state index contributed by atoms with van der Waals surface area (Å²) in [4.78, 5) is 11.3. The number of hydrogen-bond donors (Lipinski definition) is 2. The van der Waals surface area contributed by atoms with Crippen molar-refractivity contribution in [2.24, 2.45) is 5.73 Å². The van der Waals surface area contributed by atoms with Crippen molar-refractivity contribution in [3.63, 3.8) is 0 Å². The standard InChI is InChI=1S/C12H15FN2O2.ClH/c1-15-12(16)10-2-4-11(5-3-10)17-8-9(6-13)7-14;/h2-6H,7-8,14H2,1H3,(H,15,16);1H. The number of benzene rings is 1. The number of ether oxygens (including phenoxy) is 1. The fraction of sp³-hybridized carbons (Fsp3) is 0.250. The molecule has 0 aromatic heterocycles. The first-order valence-electron chi connectivity index (χ1n) is 5.14. The topological polar surface area (TPSA) is 64.3 Å². The van der Waals surface area contributed by atoms with Crippen LogP contribution in [0.5, 0.6) is 5.75 Å². The predicted molar refractivity (Wildman–Crippen MR) is 70.8 cm³/mol. The maximum atomic E-state index is 12.2. The van der Waals surface area contributed by atoms with Crippen molar-refractivity contribution in [3.05, 3.63) is 41.7 Å². The van der Waals surface area contributed by atoms with Crippen molar-refractivity contribution in [2.75, 3.05) is 20.2 Å². The van der Waals surface area contributed by atoms with Crippen LogP contribution in [0.1, 0.15) is 10.4 Å². The molecule has 0 radical (unpaired) electrons. The largest absolute Gasteiger partial charge is 0.489 e. The van der Waals surface area contributed by atoms with E-state index >= 15 is 0 Å². The molecule has 0 saturated heterocycles. The molecule has 18 heavy (non-hydrogen) atoms. The van der Waals surface area contributed by atoms with Crippen molar-refractivity contribution in [1.82, 2.24) is 5.32 Å². The maximum Gasteiger partial charge on any atom is 0.251 e. The van der Waals surface area contributed by atoms with Crippen molar-refractivity contribution in [1.29, 1.82) is 0 Å². The first kappa shape index (κ1) is 16.4. The summed E-state index contributed by atoms with van der Waals surface area (Å²) in [5, 5.41) is 2.51. The molecule has 1 aromatic carbocycles. The number of carbonyl (C=O) groups excluding carboxylic acids is 1. The molecule has 6 heteroatoms. The van der Waals surface area contributed by atoms with E-state index in [0.717, 1.165) is 0 Å². The molecule has 0 unspecified atom stereocenters. The summed E-state index contributed by atoms with van der Waals surface area (Å²) in [6, 6.07) is 6.57. The fourth-order valence-electron chi connectivity index (χ4n) is 1.16. The Morgan fingerprint density at radius 1 is 1.44 bits per heavy atom. The van der Waals surface area contributed by atoms with Gasteiger partial charge in [0.2, 0.25) is 0 Å². The molecule has 1 aromatic rings. The minimum atomic E-state index is -0.164. The zero-order valence-electron chi connectivity index (χ0n) is 9.98. The van der Waals surface area contributed by atoms with Gasteiger partial charge in [-0.2, -0.15) is 0 Å². The minimum absolute atomic E-state index is 0. The molecule has 0 aliphatic heterocycles. The smallest absolute Gasteiger partial charge is 0.251 e. The molecule has 1 amide bonds. The summed E-state index contributed by atoms with van der Waals surface area (Å²) < 4.78 is 17.5. The molecule has 0 aliphatic rings. The molecule has 1 rings (SSSR count). The number of nitrogens with two attached hydrogens (primary N) is 1. The average molecular weight is 275 g/mol. The lowest BCUT2D eigenvalue weighted by atomic mass is 10.2. The Kier molecular flexibility index (Phi) is 7.74. The quantitative estimate of drug-likeness (QED) is 0.858.